The molecule has 3 rings (SSSR count). The van der Waals surface area contributed by atoms with E-state index < -0.39 is 0 Å². The zero-order valence-corrected chi connectivity index (χ0v) is 12.5. The van der Waals surface area contributed by atoms with E-state index in [4.69, 9.17) is 33.7 Å². The Bertz CT molecular complexity index is 732. The number of nitrogen functional groups attached to an aromatic ring is 1. The molecule has 0 radical (unpaired) electrons. The number of amides is 1. The Morgan fingerprint density at radius 1 is 1.10 bits per heavy atom. The van der Waals surface area contributed by atoms with Crippen LogP contribution in [0.25, 0.3) is 0 Å². The van der Waals surface area contributed by atoms with Crippen molar-refractivity contribution in [2.75, 3.05) is 11.1 Å². The summed E-state index contributed by atoms with van der Waals surface area (Å²) in [5, 5.41) is 3.59. The summed E-state index contributed by atoms with van der Waals surface area (Å²) in [7, 11) is 0. The van der Waals surface area contributed by atoms with Crippen LogP contribution in [0.2, 0.25) is 10.0 Å². The Labute approximate surface area is 131 Å². The number of fused-ring (bicyclic) bond motifs is 1. The third kappa shape index (κ3) is 2.91. The van der Waals surface area contributed by atoms with E-state index in [1.807, 2.05) is 12.1 Å². The van der Waals surface area contributed by atoms with Crippen molar-refractivity contribution >= 4 is 40.5 Å². The average molecular weight is 323 g/mol. The Morgan fingerprint density at radius 3 is 2.67 bits per heavy atom. The summed E-state index contributed by atoms with van der Waals surface area (Å²) in [5.41, 5.74) is 8.13. The molecule has 0 bridgehead atoms. The van der Waals surface area contributed by atoms with Gasteiger partial charge in [-0.15, -0.1) is 0 Å². The fourth-order valence-electron chi connectivity index (χ4n) is 2.18. The number of ether oxygens (including phenoxy) is 1. The Morgan fingerprint density at radius 2 is 1.86 bits per heavy atom. The number of carbonyl (C=O) groups excluding carboxylic acids is 1. The maximum Gasteiger partial charge on any atom is 0.224 e. The molecule has 1 aliphatic rings. The van der Waals surface area contributed by atoms with E-state index in [1.54, 1.807) is 18.2 Å². The SMILES string of the molecule is Nc1cc(Cl)c(Cl)cc1Oc1ccc2c(c1)CCC(=O)N2. The molecule has 3 N–H and O–H groups in total. The summed E-state index contributed by atoms with van der Waals surface area (Å²) >= 11 is 11.9. The predicted molar refractivity (Wildman–Crippen MR) is 84.3 cm³/mol. The van der Waals surface area contributed by atoms with Crippen molar-refractivity contribution < 1.29 is 9.53 Å². The van der Waals surface area contributed by atoms with Gasteiger partial charge in [-0.3, -0.25) is 4.79 Å². The maximum absolute atomic E-state index is 11.3. The first-order chi connectivity index (χ1) is 10.0. The molecule has 6 heteroatoms. The van der Waals surface area contributed by atoms with E-state index in [1.165, 1.54) is 0 Å². The lowest BCUT2D eigenvalue weighted by molar-refractivity contribution is -0.116. The molecule has 0 aliphatic carbocycles. The first-order valence-corrected chi connectivity index (χ1v) is 7.13. The smallest absolute Gasteiger partial charge is 0.224 e. The third-order valence-corrected chi connectivity index (χ3v) is 3.97. The molecule has 0 saturated carbocycles. The van der Waals surface area contributed by atoms with Gasteiger partial charge in [0.1, 0.15) is 5.75 Å². The van der Waals surface area contributed by atoms with Gasteiger partial charge < -0.3 is 15.8 Å². The number of nitrogens with two attached hydrogens (primary N) is 1. The highest BCUT2D eigenvalue weighted by Crippen LogP contribution is 2.36. The van der Waals surface area contributed by atoms with E-state index in [-0.39, 0.29) is 5.91 Å². The Kier molecular flexibility index (Phi) is 3.66. The zero-order valence-electron chi connectivity index (χ0n) is 11.0. The molecule has 2 aromatic rings. The summed E-state index contributed by atoms with van der Waals surface area (Å²) in [6.07, 6.45) is 1.17. The topological polar surface area (TPSA) is 64.3 Å². The molecule has 1 heterocycles. The van der Waals surface area contributed by atoms with Crippen LogP contribution in [0.5, 0.6) is 11.5 Å². The molecule has 1 amide bonds. The standard InChI is InChI=1S/C15H12Cl2N2O2/c16-10-6-12(18)14(7-11(10)17)21-9-2-3-13-8(5-9)1-4-15(20)19-13/h2-3,5-7H,1,4,18H2,(H,19,20). The van der Waals surface area contributed by atoms with Crippen LogP contribution in [0, 0.1) is 0 Å². The highest BCUT2D eigenvalue weighted by Gasteiger charge is 2.15. The maximum atomic E-state index is 11.3. The summed E-state index contributed by atoms with van der Waals surface area (Å²) in [6, 6.07) is 8.61. The number of rotatable bonds is 2. The number of hydrogen-bond acceptors (Lipinski definition) is 3. The lowest BCUT2D eigenvalue weighted by atomic mass is 10.0. The van der Waals surface area contributed by atoms with Gasteiger partial charge in [0.2, 0.25) is 5.91 Å². The van der Waals surface area contributed by atoms with Gasteiger partial charge in [0, 0.05) is 18.2 Å². The molecule has 0 unspecified atom stereocenters. The first kappa shape index (κ1) is 14.0. The fourth-order valence-corrected chi connectivity index (χ4v) is 2.51. The van der Waals surface area contributed by atoms with Crippen LogP contribution < -0.4 is 15.8 Å². The number of hydrogen-bond donors (Lipinski definition) is 2. The molecule has 4 nitrogen and oxygen atoms in total. The van der Waals surface area contributed by atoms with Gasteiger partial charge >= 0.3 is 0 Å². The van der Waals surface area contributed by atoms with Gasteiger partial charge in [-0.05, 0) is 36.2 Å². The van der Waals surface area contributed by atoms with Crippen molar-refractivity contribution in [3.8, 4) is 11.5 Å². The molecular weight excluding hydrogens is 311 g/mol. The lowest BCUT2D eigenvalue weighted by Gasteiger charge is -2.18. The quantitative estimate of drug-likeness (QED) is 0.812. The second-order valence-electron chi connectivity index (χ2n) is 4.77. The van der Waals surface area contributed by atoms with Crippen LogP contribution in [0.1, 0.15) is 12.0 Å². The number of nitrogens with one attached hydrogen (secondary N) is 1. The number of halogens is 2. The summed E-state index contributed by atoms with van der Waals surface area (Å²) in [4.78, 5) is 11.3. The highest BCUT2D eigenvalue weighted by molar-refractivity contribution is 6.42. The van der Waals surface area contributed by atoms with Crippen molar-refractivity contribution in [2.24, 2.45) is 0 Å². The van der Waals surface area contributed by atoms with Crippen LogP contribution in [-0.4, -0.2) is 5.91 Å². The van der Waals surface area contributed by atoms with Crippen molar-refractivity contribution in [1.82, 2.24) is 0 Å². The van der Waals surface area contributed by atoms with Crippen molar-refractivity contribution in [3.05, 3.63) is 45.9 Å². The normalized spacial score (nSPS) is 13.5. The summed E-state index contributed by atoms with van der Waals surface area (Å²) in [5.74, 6) is 1.11. The molecule has 0 saturated heterocycles. The molecular formula is C15H12Cl2N2O2. The van der Waals surface area contributed by atoms with Crippen molar-refractivity contribution in [1.29, 1.82) is 0 Å². The summed E-state index contributed by atoms with van der Waals surface area (Å²) < 4.78 is 5.76. The largest absolute Gasteiger partial charge is 0.455 e. The minimum atomic E-state index is 0.0323. The molecule has 0 atom stereocenters. The minimum absolute atomic E-state index is 0.0323. The van der Waals surface area contributed by atoms with Crippen molar-refractivity contribution in [3.63, 3.8) is 0 Å². The van der Waals surface area contributed by atoms with E-state index in [9.17, 15) is 4.79 Å². The lowest BCUT2D eigenvalue weighted by Crippen LogP contribution is -2.18. The zero-order chi connectivity index (χ0) is 15.0. The predicted octanol–water partition coefficient (Wildman–Crippen LogP) is 4.25. The molecule has 0 aromatic heterocycles. The second kappa shape index (κ2) is 5.47. The van der Waals surface area contributed by atoms with Gasteiger partial charge in [-0.1, -0.05) is 23.2 Å². The number of benzene rings is 2. The monoisotopic (exact) mass is 322 g/mol. The number of carbonyl (C=O) groups is 1. The van der Waals surface area contributed by atoms with Gasteiger partial charge in [-0.2, -0.15) is 0 Å². The van der Waals surface area contributed by atoms with E-state index >= 15 is 0 Å². The Hall–Kier alpha value is -1.91. The average Bonchev–Trinajstić information content (AvgIpc) is 2.45. The van der Waals surface area contributed by atoms with Crippen molar-refractivity contribution in [2.45, 2.75) is 12.8 Å². The van der Waals surface area contributed by atoms with Crippen LogP contribution >= 0.6 is 23.2 Å². The number of aryl methyl sites for hydroxylation is 1. The van der Waals surface area contributed by atoms with Crippen LogP contribution in [0.3, 0.4) is 0 Å². The van der Waals surface area contributed by atoms with Gasteiger partial charge in [0.05, 0.1) is 15.7 Å². The fraction of sp³-hybridized carbons (Fsp3) is 0.133. The minimum Gasteiger partial charge on any atom is -0.455 e. The van der Waals surface area contributed by atoms with E-state index in [0.29, 0.717) is 40.1 Å². The molecule has 1 aliphatic heterocycles. The third-order valence-electron chi connectivity index (χ3n) is 3.25. The van der Waals surface area contributed by atoms with E-state index in [2.05, 4.69) is 5.32 Å². The number of anilines is 2. The summed E-state index contributed by atoms with van der Waals surface area (Å²) in [6.45, 7) is 0. The molecule has 0 spiro atoms. The van der Waals surface area contributed by atoms with E-state index in [0.717, 1.165) is 11.3 Å². The van der Waals surface area contributed by atoms with Crippen LogP contribution in [-0.2, 0) is 11.2 Å². The second-order valence-corrected chi connectivity index (χ2v) is 5.59. The highest BCUT2D eigenvalue weighted by atomic mass is 35.5. The first-order valence-electron chi connectivity index (χ1n) is 6.38. The molecule has 2 aromatic carbocycles. The van der Waals surface area contributed by atoms with Crippen LogP contribution in [0.15, 0.2) is 30.3 Å². The van der Waals surface area contributed by atoms with Gasteiger partial charge in [0.15, 0.2) is 5.75 Å². The van der Waals surface area contributed by atoms with Gasteiger partial charge in [0.25, 0.3) is 0 Å². The van der Waals surface area contributed by atoms with Gasteiger partial charge in [-0.25, -0.2) is 0 Å². The van der Waals surface area contributed by atoms with Crippen LogP contribution in [0.4, 0.5) is 11.4 Å². The molecule has 0 fully saturated rings. The Balaban J connectivity index is 1.89. The molecule has 21 heavy (non-hydrogen) atoms. The molecule has 108 valence electrons.